The number of carbonyl (C=O) groups is 2. The van der Waals surface area contributed by atoms with Gasteiger partial charge < -0.3 is 19.7 Å². The molecular weight excluding hydrogens is 482 g/mol. The molecule has 1 saturated heterocycles. The molecule has 0 aromatic heterocycles. The van der Waals surface area contributed by atoms with E-state index in [0.717, 1.165) is 0 Å². The summed E-state index contributed by atoms with van der Waals surface area (Å²) in [5.41, 5.74) is 1.92. The summed E-state index contributed by atoms with van der Waals surface area (Å²) in [7, 11) is 0. The summed E-state index contributed by atoms with van der Waals surface area (Å²) < 4.78 is 11.0. The Morgan fingerprint density at radius 1 is 0.972 bits per heavy atom. The van der Waals surface area contributed by atoms with E-state index in [1.807, 2.05) is 6.92 Å². The Balaban J connectivity index is 1.94. The summed E-state index contributed by atoms with van der Waals surface area (Å²) in [6.45, 7) is 6.22. The molecule has 0 spiro atoms. The van der Waals surface area contributed by atoms with Crippen molar-refractivity contribution in [2.45, 2.75) is 26.8 Å². The first-order valence-corrected chi connectivity index (χ1v) is 11.9. The average Bonchev–Trinajstić information content (AvgIpc) is 3.11. The molecule has 2 N–H and O–H groups in total. The molecule has 1 heterocycles. The van der Waals surface area contributed by atoms with Crippen LogP contribution in [-0.2, 0) is 9.59 Å². The number of aliphatic hydroxyl groups is 1. The third kappa shape index (κ3) is 4.62. The normalized spacial score (nSPS) is 16.9. The second-order valence-corrected chi connectivity index (χ2v) is 8.65. The van der Waals surface area contributed by atoms with Gasteiger partial charge >= 0.3 is 0 Å². The largest absolute Gasteiger partial charge is 0.507 e. The number of aliphatic hydroxyl groups excluding tert-OH is 1. The number of anilines is 1. The van der Waals surface area contributed by atoms with Crippen molar-refractivity contribution in [3.8, 4) is 17.2 Å². The number of ketones is 1. The fourth-order valence-corrected chi connectivity index (χ4v) is 4.52. The predicted molar refractivity (Wildman–Crippen MR) is 138 cm³/mol. The zero-order chi connectivity index (χ0) is 26.0. The summed E-state index contributed by atoms with van der Waals surface area (Å²) in [5, 5.41) is 22.0. The molecule has 0 aliphatic carbocycles. The highest BCUT2D eigenvalue weighted by Crippen LogP contribution is 2.45. The van der Waals surface area contributed by atoms with Crippen LogP contribution >= 0.6 is 11.6 Å². The van der Waals surface area contributed by atoms with Crippen molar-refractivity contribution in [2.24, 2.45) is 0 Å². The van der Waals surface area contributed by atoms with Crippen molar-refractivity contribution in [1.82, 2.24) is 0 Å². The summed E-state index contributed by atoms with van der Waals surface area (Å²) in [4.78, 5) is 28.1. The minimum atomic E-state index is -0.976. The van der Waals surface area contributed by atoms with E-state index >= 15 is 0 Å². The molecule has 1 aliphatic rings. The molecular formula is C28H26ClNO6. The number of Topliss-reactive ketones (excluding diaryl/α,β-unsaturated/α-hetero) is 1. The van der Waals surface area contributed by atoms with Gasteiger partial charge in [-0.2, -0.15) is 0 Å². The van der Waals surface area contributed by atoms with Crippen LogP contribution in [0.25, 0.3) is 5.76 Å². The van der Waals surface area contributed by atoms with Gasteiger partial charge in [-0.15, -0.1) is 0 Å². The average molecular weight is 508 g/mol. The number of hydrogen-bond donors (Lipinski definition) is 2. The van der Waals surface area contributed by atoms with E-state index < -0.39 is 17.7 Å². The molecule has 1 fully saturated rings. The minimum absolute atomic E-state index is 0.0771. The fourth-order valence-electron chi connectivity index (χ4n) is 4.29. The Labute approximate surface area is 214 Å². The van der Waals surface area contributed by atoms with E-state index in [9.17, 15) is 19.8 Å². The molecule has 0 radical (unpaired) electrons. The zero-order valence-electron chi connectivity index (χ0n) is 20.1. The number of nitrogens with zero attached hydrogens (tertiary/aromatic N) is 1. The highest BCUT2D eigenvalue weighted by molar-refractivity contribution is 6.51. The quantitative estimate of drug-likeness (QED) is 0.239. The highest BCUT2D eigenvalue weighted by Gasteiger charge is 2.47. The van der Waals surface area contributed by atoms with Crippen molar-refractivity contribution in [3.05, 3.63) is 87.9 Å². The monoisotopic (exact) mass is 507 g/mol. The Bertz CT molecular complexity index is 1350. The second kappa shape index (κ2) is 10.3. The molecule has 1 unspecified atom stereocenters. The van der Waals surface area contributed by atoms with Crippen LogP contribution < -0.4 is 14.4 Å². The van der Waals surface area contributed by atoms with Crippen LogP contribution in [0.5, 0.6) is 17.2 Å². The first kappa shape index (κ1) is 25.1. The second-order valence-electron chi connectivity index (χ2n) is 8.22. The van der Waals surface area contributed by atoms with Crippen LogP contribution in [0.15, 0.2) is 66.2 Å². The van der Waals surface area contributed by atoms with E-state index in [4.69, 9.17) is 21.1 Å². The molecule has 0 saturated carbocycles. The molecule has 7 nitrogen and oxygen atoms in total. The first-order chi connectivity index (χ1) is 17.3. The van der Waals surface area contributed by atoms with Gasteiger partial charge in [-0.25, -0.2) is 0 Å². The van der Waals surface area contributed by atoms with Crippen LogP contribution in [0.3, 0.4) is 0 Å². The Hall–Kier alpha value is -3.97. The molecule has 1 aliphatic heterocycles. The van der Waals surface area contributed by atoms with Gasteiger partial charge in [0.2, 0.25) is 0 Å². The maximum Gasteiger partial charge on any atom is 0.300 e. The van der Waals surface area contributed by atoms with Crippen LogP contribution in [0.4, 0.5) is 5.69 Å². The summed E-state index contributed by atoms with van der Waals surface area (Å²) in [6.07, 6.45) is 0. The summed E-state index contributed by atoms with van der Waals surface area (Å²) >= 11 is 6.14. The van der Waals surface area contributed by atoms with Gasteiger partial charge in [-0.05, 0) is 86.5 Å². The number of aromatic hydroxyl groups is 1. The van der Waals surface area contributed by atoms with Crippen molar-refractivity contribution >= 4 is 34.7 Å². The number of amides is 1. The van der Waals surface area contributed by atoms with Gasteiger partial charge in [-0.1, -0.05) is 17.7 Å². The SMILES string of the molecule is CCOc1ccc(/C(O)=C2\C(=O)C(=O)N(c3ccc(Cl)cc3C)C2c2ccc(O)c(OCC)c2)cc1. The van der Waals surface area contributed by atoms with Crippen molar-refractivity contribution in [3.63, 3.8) is 0 Å². The molecule has 186 valence electrons. The lowest BCUT2D eigenvalue weighted by molar-refractivity contribution is -0.132. The number of halogens is 1. The molecule has 3 aromatic carbocycles. The third-order valence-electron chi connectivity index (χ3n) is 5.90. The van der Waals surface area contributed by atoms with Gasteiger partial charge in [0.05, 0.1) is 24.8 Å². The van der Waals surface area contributed by atoms with Gasteiger partial charge in [0.1, 0.15) is 11.5 Å². The fraction of sp³-hybridized carbons (Fsp3) is 0.214. The Kier molecular flexibility index (Phi) is 7.22. The molecule has 36 heavy (non-hydrogen) atoms. The van der Waals surface area contributed by atoms with E-state index in [1.54, 1.807) is 68.4 Å². The molecule has 1 atom stereocenters. The number of carbonyl (C=O) groups excluding carboxylic acids is 2. The van der Waals surface area contributed by atoms with E-state index in [1.165, 1.54) is 11.0 Å². The molecule has 1 amide bonds. The van der Waals surface area contributed by atoms with Crippen LogP contribution in [0, 0.1) is 6.92 Å². The number of benzene rings is 3. The first-order valence-electron chi connectivity index (χ1n) is 11.5. The number of hydrogen-bond acceptors (Lipinski definition) is 6. The lowest BCUT2D eigenvalue weighted by Gasteiger charge is -2.27. The minimum Gasteiger partial charge on any atom is -0.507 e. The van der Waals surface area contributed by atoms with E-state index in [2.05, 4.69) is 0 Å². The van der Waals surface area contributed by atoms with E-state index in [0.29, 0.717) is 46.4 Å². The highest BCUT2D eigenvalue weighted by atomic mass is 35.5. The van der Waals surface area contributed by atoms with Gasteiger partial charge in [0, 0.05) is 16.3 Å². The molecule has 8 heteroatoms. The maximum absolute atomic E-state index is 13.4. The lowest BCUT2D eigenvalue weighted by Crippen LogP contribution is -2.30. The smallest absolute Gasteiger partial charge is 0.300 e. The molecule has 3 aromatic rings. The van der Waals surface area contributed by atoms with Crippen molar-refractivity contribution in [1.29, 1.82) is 0 Å². The predicted octanol–water partition coefficient (Wildman–Crippen LogP) is 5.78. The third-order valence-corrected chi connectivity index (χ3v) is 6.14. The summed E-state index contributed by atoms with van der Waals surface area (Å²) in [5.74, 6) is -1.19. The number of ether oxygens (including phenoxy) is 2. The number of phenols is 1. The van der Waals surface area contributed by atoms with E-state index in [-0.39, 0.29) is 22.8 Å². The van der Waals surface area contributed by atoms with Crippen LogP contribution in [0.2, 0.25) is 5.02 Å². The van der Waals surface area contributed by atoms with Gasteiger partial charge in [0.25, 0.3) is 11.7 Å². The number of phenolic OH excluding ortho intramolecular Hbond substituents is 1. The van der Waals surface area contributed by atoms with Crippen molar-refractivity contribution in [2.75, 3.05) is 18.1 Å². The maximum atomic E-state index is 13.4. The molecule has 4 rings (SSSR count). The zero-order valence-corrected chi connectivity index (χ0v) is 20.9. The van der Waals surface area contributed by atoms with Crippen LogP contribution in [-0.4, -0.2) is 35.1 Å². The summed E-state index contributed by atoms with van der Waals surface area (Å²) in [6, 6.07) is 15.2. The Morgan fingerprint density at radius 2 is 1.67 bits per heavy atom. The van der Waals surface area contributed by atoms with Gasteiger partial charge in [0.15, 0.2) is 11.5 Å². The van der Waals surface area contributed by atoms with Gasteiger partial charge in [-0.3, -0.25) is 14.5 Å². The van der Waals surface area contributed by atoms with Crippen molar-refractivity contribution < 1.29 is 29.3 Å². The Morgan fingerprint density at radius 3 is 2.31 bits per heavy atom. The standard InChI is InChI=1S/C28H26ClNO6/c1-4-35-20-10-6-17(7-11-20)26(32)24-25(18-8-13-22(31)23(15-18)36-5-2)30(28(34)27(24)33)21-12-9-19(29)14-16(21)3/h6-15,25,31-32H,4-5H2,1-3H3/b26-24+. The molecule has 0 bridgehead atoms. The topological polar surface area (TPSA) is 96.3 Å². The lowest BCUT2D eigenvalue weighted by atomic mass is 9.94. The number of aryl methyl sites for hydroxylation is 1. The number of rotatable bonds is 7. The van der Waals surface area contributed by atoms with Crippen LogP contribution in [0.1, 0.15) is 36.6 Å².